The maximum absolute atomic E-state index is 12.6. The predicted octanol–water partition coefficient (Wildman–Crippen LogP) is 1.67. The van der Waals surface area contributed by atoms with Crippen LogP contribution in [-0.4, -0.2) is 47.8 Å². The summed E-state index contributed by atoms with van der Waals surface area (Å²) in [5.41, 5.74) is 3.06. The summed E-state index contributed by atoms with van der Waals surface area (Å²) in [6.07, 6.45) is 0. The average molecular weight is 279 g/mol. The molecule has 0 radical (unpaired) electrons. The Morgan fingerprint density at radius 3 is 2.00 bits per heavy atom. The molecule has 1 aromatic rings. The number of hydrogen-bond acceptors (Lipinski definition) is 3. The summed E-state index contributed by atoms with van der Waals surface area (Å²) in [7, 11) is 1.70. The summed E-state index contributed by atoms with van der Waals surface area (Å²) in [5, 5.41) is 18.7. The van der Waals surface area contributed by atoms with E-state index in [4.69, 9.17) is 0 Å². The van der Waals surface area contributed by atoms with Crippen LogP contribution in [0.3, 0.4) is 0 Å². The molecule has 0 fully saturated rings. The molecule has 0 bridgehead atoms. The Morgan fingerprint density at radius 1 is 1.15 bits per heavy atom. The molecular formula is C16H25NO3. The molecule has 0 atom stereocenters. The predicted molar refractivity (Wildman–Crippen MR) is 79.9 cm³/mol. The van der Waals surface area contributed by atoms with Gasteiger partial charge in [-0.1, -0.05) is 24.6 Å². The molecule has 1 rings (SSSR count). The van der Waals surface area contributed by atoms with Crippen LogP contribution in [0.15, 0.2) is 12.1 Å². The van der Waals surface area contributed by atoms with Crippen molar-refractivity contribution in [2.24, 2.45) is 5.41 Å². The average Bonchev–Trinajstić information content (AvgIpc) is 2.37. The summed E-state index contributed by atoms with van der Waals surface area (Å²) in [6, 6.07) is 3.98. The molecule has 0 unspecified atom stereocenters. The highest BCUT2D eigenvalue weighted by molar-refractivity contribution is 5.97. The molecule has 0 aromatic heterocycles. The van der Waals surface area contributed by atoms with Gasteiger partial charge in [0.05, 0.1) is 13.2 Å². The van der Waals surface area contributed by atoms with Gasteiger partial charge in [-0.25, -0.2) is 0 Å². The molecule has 0 saturated heterocycles. The van der Waals surface area contributed by atoms with Crippen molar-refractivity contribution in [3.8, 4) is 0 Å². The fraction of sp³-hybridized carbons (Fsp3) is 0.562. The minimum atomic E-state index is -0.684. The number of aliphatic hydroxyl groups is 2. The van der Waals surface area contributed by atoms with Gasteiger partial charge < -0.3 is 15.1 Å². The molecule has 20 heavy (non-hydrogen) atoms. The van der Waals surface area contributed by atoms with Crippen molar-refractivity contribution in [2.75, 3.05) is 26.8 Å². The summed E-state index contributed by atoms with van der Waals surface area (Å²) >= 11 is 0. The first kappa shape index (κ1) is 16.7. The molecule has 0 spiro atoms. The first-order chi connectivity index (χ1) is 9.24. The van der Waals surface area contributed by atoms with Crippen LogP contribution in [0, 0.1) is 26.2 Å². The molecule has 1 amide bonds. The van der Waals surface area contributed by atoms with Crippen LogP contribution in [-0.2, 0) is 0 Å². The normalized spacial score (nSPS) is 11.6. The number of amides is 1. The zero-order chi connectivity index (χ0) is 15.5. The Kier molecular flexibility index (Phi) is 5.31. The Hall–Kier alpha value is -1.39. The van der Waals surface area contributed by atoms with Crippen LogP contribution in [0.4, 0.5) is 0 Å². The quantitative estimate of drug-likeness (QED) is 0.862. The molecule has 2 N–H and O–H groups in total. The monoisotopic (exact) mass is 279 g/mol. The van der Waals surface area contributed by atoms with E-state index in [0.29, 0.717) is 12.1 Å². The maximum Gasteiger partial charge on any atom is 0.254 e. The highest BCUT2D eigenvalue weighted by Crippen LogP contribution is 2.21. The van der Waals surface area contributed by atoms with Crippen molar-refractivity contribution in [3.63, 3.8) is 0 Å². The van der Waals surface area contributed by atoms with Gasteiger partial charge in [-0.05, 0) is 31.9 Å². The van der Waals surface area contributed by atoms with Gasteiger partial charge in [0.15, 0.2) is 0 Å². The smallest absolute Gasteiger partial charge is 0.254 e. The molecule has 0 aliphatic heterocycles. The second-order valence-corrected chi connectivity index (χ2v) is 6.06. The number of carbonyl (C=O) groups excluding carboxylic acids is 1. The van der Waals surface area contributed by atoms with Gasteiger partial charge in [-0.3, -0.25) is 4.79 Å². The maximum atomic E-state index is 12.6. The van der Waals surface area contributed by atoms with E-state index >= 15 is 0 Å². The van der Waals surface area contributed by atoms with Crippen LogP contribution in [0.25, 0.3) is 0 Å². The van der Waals surface area contributed by atoms with Gasteiger partial charge in [0.25, 0.3) is 5.91 Å². The van der Waals surface area contributed by atoms with Crippen molar-refractivity contribution in [3.05, 3.63) is 34.4 Å². The number of hydrogen-bond donors (Lipinski definition) is 2. The molecule has 112 valence electrons. The number of aliphatic hydroxyl groups excluding tert-OH is 2. The van der Waals surface area contributed by atoms with E-state index in [9.17, 15) is 15.0 Å². The lowest BCUT2D eigenvalue weighted by Gasteiger charge is -2.31. The number of nitrogens with zero attached hydrogens (tertiary/aromatic N) is 1. The Balaban J connectivity index is 3.01. The Labute approximate surface area is 121 Å². The SMILES string of the molecule is Cc1cc(C)c(C(=O)N(C)CC(C)(CO)CO)c(C)c1. The summed E-state index contributed by atoms with van der Waals surface area (Å²) in [5.74, 6) is -0.0758. The number of benzene rings is 1. The third kappa shape index (κ3) is 3.58. The van der Waals surface area contributed by atoms with Crippen molar-refractivity contribution < 1.29 is 15.0 Å². The topological polar surface area (TPSA) is 60.8 Å². The van der Waals surface area contributed by atoms with Crippen molar-refractivity contribution >= 4 is 5.91 Å². The van der Waals surface area contributed by atoms with Crippen LogP contribution in [0.5, 0.6) is 0 Å². The highest BCUT2D eigenvalue weighted by atomic mass is 16.3. The van der Waals surface area contributed by atoms with E-state index in [0.717, 1.165) is 16.7 Å². The van der Waals surface area contributed by atoms with Crippen molar-refractivity contribution in [1.29, 1.82) is 0 Å². The van der Waals surface area contributed by atoms with E-state index in [1.807, 2.05) is 32.9 Å². The first-order valence-electron chi connectivity index (χ1n) is 6.79. The van der Waals surface area contributed by atoms with Crippen molar-refractivity contribution in [1.82, 2.24) is 4.90 Å². The summed E-state index contributed by atoms with van der Waals surface area (Å²) in [6.45, 7) is 7.61. The minimum Gasteiger partial charge on any atom is -0.396 e. The third-order valence-corrected chi connectivity index (χ3v) is 3.62. The number of rotatable bonds is 5. The Bertz CT molecular complexity index is 469. The Morgan fingerprint density at radius 2 is 1.60 bits per heavy atom. The van der Waals surface area contributed by atoms with E-state index in [1.165, 1.54) is 0 Å². The second kappa shape index (κ2) is 6.37. The highest BCUT2D eigenvalue weighted by Gasteiger charge is 2.27. The van der Waals surface area contributed by atoms with Crippen LogP contribution in [0.1, 0.15) is 34.0 Å². The van der Waals surface area contributed by atoms with Crippen molar-refractivity contribution in [2.45, 2.75) is 27.7 Å². The molecular weight excluding hydrogens is 254 g/mol. The van der Waals surface area contributed by atoms with Gasteiger partial charge in [0.2, 0.25) is 0 Å². The van der Waals surface area contributed by atoms with Crippen LogP contribution < -0.4 is 0 Å². The zero-order valence-corrected chi connectivity index (χ0v) is 13.0. The molecule has 4 heteroatoms. The van der Waals surface area contributed by atoms with Gasteiger partial charge >= 0.3 is 0 Å². The lowest BCUT2D eigenvalue weighted by molar-refractivity contribution is 0.0365. The van der Waals surface area contributed by atoms with Gasteiger partial charge in [-0.15, -0.1) is 0 Å². The van der Waals surface area contributed by atoms with E-state index in [2.05, 4.69) is 0 Å². The second-order valence-electron chi connectivity index (χ2n) is 6.06. The standard InChI is InChI=1S/C16H25NO3/c1-11-6-12(2)14(13(3)7-11)15(20)17(5)8-16(4,9-18)10-19/h6-7,18-19H,8-10H2,1-5H3. The molecule has 0 aliphatic carbocycles. The van der Waals surface area contributed by atoms with Gasteiger partial charge in [0.1, 0.15) is 0 Å². The summed E-state index contributed by atoms with van der Waals surface area (Å²) < 4.78 is 0. The van der Waals surface area contributed by atoms with Gasteiger partial charge in [-0.2, -0.15) is 0 Å². The molecule has 0 saturated carbocycles. The lowest BCUT2D eigenvalue weighted by Crippen LogP contribution is -2.42. The largest absolute Gasteiger partial charge is 0.396 e. The first-order valence-corrected chi connectivity index (χ1v) is 6.79. The fourth-order valence-corrected chi connectivity index (χ4v) is 2.50. The summed E-state index contributed by atoms with van der Waals surface area (Å²) in [4.78, 5) is 14.1. The molecule has 0 heterocycles. The fourth-order valence-electron chi connectivity index (χ4n) is 2.50. The molecule has 1 aromatic carbocycles. The van der Waals surface area contributed by atoms with Crippen LogP contribution in [0.2, 0.25) is 0 Å². The lowest BCUT2D eigenvalue weighted by atomic mass is 9.91. The van der Waals surface area contributed by atoms with E-state index in [-0.39, 0.29) is 19.1 Å². The third-order valence-electron chi connectivity index (χ3n) is 3.62. The van der Waals surface area contributed by atoms with E-state index in [1.54, 1.807) is 18.9 Å². The van der Waals surface area contributed by atoms with Crippen LogP contribution >= 0.6 is 0 Å². The molecule has 4 nitrogen and oxygen atoms in total. The van der Waals surface area contributed by atoms with Gasteiger partial charge in [0, 0.05) is 24.6 Å². The zero-order valence-electron chi connectivity index (χ0n) is 13.0. The number of aryl methyl sites for hydroxylation is 3. The molecule has 0 aliphatic rings. The van der Waals surface area contributed by atoms with E-state index < -0.39 is 5.41 Å². The number of carbonyl (C=O) groups is 1. The minimum absolute atomic E-state index is 0.0758.